The van der Waals surface area contributed by atoms with Crippen molar-refractivity contribution in [1.82, 2.24) is 4.90 Å². The number of aryl methyl sites for hydroxylation is 1. The summed E-state index contributed by atoms with van der Waals surface area (Å²) in [6.07, 6.45) is 1.21. The lowest BCUT2D eigenvalue weighted by atomic mass is 10.1. The fraction of sp³-hybridized carbons (Fsp3) is 0.562. The van der Waals surface area contributed by atoms with Crippen molar-refractivity contribution in [2.75, 3.05) is 31.1 Å². The van der Waals surface area contributed by atoms with Gasteiger partial charge in [0.25, 0.3) is 0 Å². The summed E-state index contributed by atoms with van der Waals surface area (Å²) in [5, 5.41) is 11.9. The Morgan fingerprint density at radius 1 is 1.43 bits per heavy atom. The van der Waals surface area contributed by atoms with Crippen molar-refractivity contribution >= 4 is 11.5 Å². The zero-order valence-electron chi connectivity index (χ0n) is 13.2. The number of oxime groups is 1. The minimum absolute atomic E-state index is 0.168. The number of nitrogens with two attached hydrogens (primary N) is 1. The quantitative estimate of drug-likeness (QED) is 0.377. The van der Waals surface area contributed by atoms with Crippen LogP contribution in [0, 0.1) is 6.92 Å². The molecule has 5 heteroatoms. The van der Waals surface area contributed by atoms with E-state index in [4.69, 9.17) is 10.9 Å². The lowest BCUT2D eigenvalue weighted by Gasteiger charge is -2.27. The highest BCUT2D eigenvalue weighted by Gasteiger charge is 2.26. The Hall–Kier alpha value is -1.75. The summed E-state index contributed by atoms with van der Waals surface area (Å²) in [5.41, 5.74) is 8.72. The molecule has 0 bridgehead atoms. The largest absolute Gasteiger partial charge is 0.409 e. The van der Waals surface area contributed by atoms with Gasteiger partial charge in [-0.2, -0.15) is 0 Å². The van der Waals surface area contributed by atoms with Gasteiger partial charge in [-0.3, -0.25) is 4.90 Å². The molecule has 0 saturated carbocycles. The first-order chi connectivity index (χ1) is 10.1. The zero-order valence-corrected chi connectivity index (χ0v) is 13.2. The van der Waals surface area contributed by atoms with Gasteiger partial charge >= 0.3 is 0 Å². The molecule has 1 fully saturated rings. The van der Waals surface area contributed by atoms with Crippen LogP contribution in [0.1, 0.15) is 31.4 Å². The molecule has 0 radical (unpaired) electrons. The van der Waals surface area contributed by atoms with E-state index in [1.165, 1.54) is 12.1 Å². The van der Waals surface area contributed by atoms with Crippen molar-refractivity contribution in [3.63, 3.8) is 0 Å². The molecule has 0 aromatic heterocycles. The summed E-state index contributed by atoms with van der Waals surface area (Å²) < 4.78 is 0. The summed E-state index contributed by atoms with van der Waals surface area (Å²) in [7, 11) is 0. The number of benzene rings is 1. The van der Waals surface area contributed by atoms with E-state index < -0.39 is 0 Å². The molecule has 116 valence electrons. The summed E-state index contributed by atoms with van der Waals surface area (Å²) in [6.45, 7) is 10.8. The molecule has 1 heterocycles. The van der Waals surface area contributed by atoms with E-state index in [1.54, 1.807) is 0 Å². The predicted molar refractivity (Wildman–Crippen MR) is 87.2 cm³/mol. The maximum absolute atomic E-state index is 8.79. The van der Waals surface area contributed by atoms with Crippen molar-refractivity contribution in [2.45, 2.75) is 33.2 Å². The van der Waals surface area contributed by atoms with Gasteiger partial charge in [0.1, 0.15) is 0 Å². The third kappa shape index (κ3) is 3.29. The number of rotatable bonds is 5. The van der Waals surface area contributed by atoms with Crippen LogP contribution in [0.25, 0.3) is 0 Å². The second-order valence-electron chi connectivity index (χ2n) is 5.59. The Bertz CT molecular complexity index is 511. The highest BCUT2D eigenvalue weighted by atomic mass is 16.4. The molecular weight excluding hydrogens is 264 g/mol. The topological polar surface area (TPSA) is 65.1 Å². The van der Waals surface area contributed by atoms with Crippen molar-refractivity contribution in [2.24, 2.45) is 10.9 Å². The number of hydrogen-bond acceptors (Lipinski definition) is 4. The third-order valence-electron chi connectivity index (χ3n) is 4.45. The third-order valence-corrected chi connectivity index (χ3v) is 4.45. The van der Waals surface area contributed by atoms with Crippen LogP contribution in [0.15, 0.2) is 23.4 Å². The Balaban J connectivity index is 2.12. The molecule has 5 nitrogen and oxygen atoms in total. The molecule has 1 aromatic carbocycles. The predicted octanol–water partition coefficient (Wildman–Crippen LogP) is 2.01. The van der Waals surface area contributed by atoms with E-state index >= 15 is 0 Å². The summed E-state index contributed by atoms with van der Waals surface area (Å²) in [4.78, 5) is 4.95. The van der Waals surface area contributed by atoms with Gasteiger partial charge < -0.3 is 15.8 Å². The van der Waals surface area contributed by atoms with Crippen LogP contribution >= 0.6 is 0 Å². The molecule has 1 saturated heterocycles. The van der Waals surface area contributed by atoms with Gasteiger partial charge in [0, 0.05) is 30.4 Å². The van der Waals surface area contributed by atoms with Crippen LogP contribution in [0.3, 0.4) is 0 Å². The fourth-order valence-electron chi connectivity index (χ4n) is 3.20. The van der Waals surface area contributed by atoms with Crippen molar-refractivity contribution in [1.29, 1.82) is 0 Å². The van der Waals surface area contributed by atoms with E-state index in [-0.39, 0.29) is 5.84 Å². The second kappa shape index (κ2) is 6.80. The fourth-order valence-corrected chi connectivity index (χ4v) is 3.20. The molecule has 2 rings (SSSR count). The van der Waals surface area contributed by atoms with Crippen LogP contribution < -0.4 is 10.6 Å². The van der Waals surface area contributed by atoms with Gasteiger partial charge in [-0.1, -0.05) is 19.0 Å². The SMILES string of the molecule is CCN(CC)C1CCN(c2ccc(/C(N)=N/O)c(C)c2)C1. The van der Waals surface area contributed by atoms with E-state index in [0.29, 0.717) is 6.04 Å². The molecular formula is C16H26N4O. The molecule has 3 N–H and O–H groups in total. The molecule has 0 spiro atoms. The standard InChI is InChI=1S/C16H26N4O/c1-4-19(5-2)14-8-9-20(11-14)13-6-7-15(12(3)10-13)16(17)18-21/h6-7,10,14,21H,4-5,8-9,11H2,1-3H3,(H2,17,18). The minimum atomic E-state index is 0.168. The van der Waals surface area contributed by atoms with Crippen molar-refractivity contribution in [3.05, 3.63) is 29.3 Å². The van der Waals surface area contributed by atoms with Crippen LogP contribution in [0.5, 0.6) is 0 Å². The summed E-state index contributed by atoms with van der Waals surface area (Å²) in [6, 6.07) is 6.76. The maximum atomic E-state index is 8.79. The van der Waals surface area contributed by atoms with Gasteiger partial charge in [-0.15, -0.1) is 0 Å². The molecule has 1 aromatic rings. The van der Waals surface area contributed by atoms with Gasteiger partial charge in [0.05, 0.1) is 0 Å². The molecule has 0 aliphatic carbocycles. The lowest BCUT2D eigenvalue weighted by molar-refractivity contribution is 0.232. The van der Waals surface area contributed by atoms with Crippen LogP contribution in [0.2, 0.25) is 0 Å². The highest BCUT2D eigenvalue weighted by molar-refractivity contribution is 5.98. The number of nitrogens with zero attached hydrogens (tertiary/aromatic N) is 3. The molecule has 21 heavy (non-hydrogen) atoms. The normalized spacial score (nSPS) is 19.5. The second-order valence-corrected chi connectivity index (χ2v) is 5.59. The van der Waals surface area contributed by atoms with Crippen LogP contribution in [0.4, 0.5) is 5.69 Å². The highest BCUT2D eigenvalue weighted by Crippen LogP contribution is 2.25. The molecule has 1 unspecified atom stereocenters. The van der Waals surface area contributed by atoms with E-state index in [0.717, 1.165) is 37.3 Å². The maximum Gasteiger partial charge on any atom is 0.170 e. The van der Waals surface area contributed by atoms with Gasteiger partial charge in [0.15, 0.2) is 5.84 Å². The first kappa shape index (κ1) is 15.6. The van der Waals surface area contributed by atoms with Crippen LogP contribution in [-0.4, -0.2) is 48.2 Å². The monoisotopic (exact) mass is 290 g/mol. The van der Waals surface area contributed by atoms with E-state index in [1.807, 2.05) is 13.0 Å². The molecule has 0 amide bonds. The van der Waals surface area contributed by atoms with Gasteiger partial charge in [0.2, 0.25) is 0 Å². The molecule has 1 atom stereocenters. The first-order valence-corrected chi connectivity index (χ1v) is 7.68. The molecule has 1 aliphatic rings. The number of amidine groups is 1. The average molecular weight is 290 g/mol. The minimum Gasteiger partial charge on any atom is -0.409 e. The summed E-state index contributed by atoms with van der Waals surface area (Å²) >= 11 is 0. The van der Waals surface area contributed by atoms with Crippen molar-refractivity contribution in [3.8, 4) is 0 Å². The average Bonchev–Trinajstić information content (AvgIpc) is 2.97. The summed E-state index contributed by atoms with van der Waals surface area (Å²) in [5.74, 6) is 0.168. The Labute approximate surface area is 127 Å². The van der Waals surface area contributed by atoms with Gasteiger partial charge in [-0.25, -0.2) is 0 Å². The van der Waals surface area contributed by atoms with Gasteiger partial charge in [-0.05, 0) is 50.2 Å². The smallest absolute Gasteiger partial charge is 0.170 e. The number of hydrogen-bond donors (Lipinski definition) is 2. The Morgan fingerprint density at radius 2 is 2.14 bits per heavy atom. The zero-order chi connectivity index (χ0) is 15.4. The number of anilines is 1. The Morgan fingerprint density at radius 3 is 2.71 bits per heavy atom. The Kier molecular flexibility index (Phi) is 5.07. The van der Waals surface area contributed by atoms with Crippen molar-refractivity contribution < 1.29 is 5.21 Å². The number of likely N-dealkylation sites (N-methyl/N-ethyl adjacent to an activating group) is 1. The van der Waals surface area contributed by atoms with E-state index in [9.17, 15) is 0 Å². The first-order valence-electron chi connectivity index (χ1n) is 7.68. The lowest BCUT2D eigenvalue weighted by Crippen LogP contribution is -2.37. The van der Waals surface area contributed by atoms with E-state index in [2.05, 4.69) is 40.9 Å². The molecule has 1 aliphatic heterocycles. The van der Waals surface area contributed by atoms with Crippen LogP contribution in [-0.2, 0) is 0 Å².